The molecule has 0 radical (unpaired) electrons. The normalized spacial score (nSPS) is 15.4. The third-order valence-electron chi connectivity index (χ3n) is 4.07. The number of aromatic nitrogens is 3. The highest BCUT2D eigenvalue weighted by Crippen LogP contribution is 2.27. The standard InChI is InChI=1S/C15H11F6N5O3/c16-14(17,18)11(28)25-13-23-9-7(10(27)24-13)5-8(22-9)6-1-3-26(4-2-6)12(29)15(19,20)21/h1,5H,2-4H2,(H3,22,23,24,25,27,28). The van der Waals surface area contributed by atoms with E-state index in [2.05, 4.69) is 9.97 Å². The summed E-state index contributed by atoms with van der Waals surface area (Å²) in [5.74, 6) is -5.01. The predicted octanol–water partition coefficient (Wildman–Crippen LogP) is 1.93. The molecule has 0 spiro atoms. The lowest BCUT2D eigenvalue weighted by Gasteiger charge is -2.26. The summed E-state index contributed by atoms with van der Waals surface area (Å²) < 4.78 is 74.4. The highest BCUT2D eigenvalue weighted by atomic mass is 19.4. The molecule has 2 aromatic rings. The van der Waals surface area contributed by atoms with Crippen molar-refractivity contribution in [1.82, 2.24) is 19.9 Å². The molecule has 14 heteroatoms. The van der Waals surface area contributed by atoms with Gasteiger partial charge in [-0.25, -0.2) is 0 Å². The molecule has 0 bridgehead atoms. The zero-order valence-electron chi connectivity index (χ0n) is 14.2. The summed E-state index contributed by atoms with van der Waals surface area (Å²) in [5.41, 5.74) is -0.165. The van der Waals surface area contributed by atoms with E-state index in [0.717, 1.165) is 0 Å². The molecule has 0 atom stereocenters. The first-order chi connectivity index (χ1) is 13.4. The number of carbonyl (C=O) groups excluding carboxylic acids is 2. The zero-order chi connectivity index (χ0) is 21.6. The second-order valence-electron chi connectivity index (χ2n) is 6.04. The SMILES string of the molecule is O=C(Nc1nc2[nH]c(C3=CCN(C(=O)C(F)(F)F)CC3)cc2c(=O)[nH]1)C(F)(F)F. The lowest BCUT2D eigenvalue weighted by atomic mass is 10.0. The quantitative estimate of drug-likeness (QED) is 0.641. The van der Waals surface area contributed by atoms with Gasteiger partial charge in [0.2, 0.25) is 5.95 Å². The van der Waals surface area contributed by atoms with Gasteiger partial charge in [-0.3, -0.25) is 24.7 Å². The first-order valence-corrected chi connectivity index (χ1v) is 7.93. The second-order valence-corrected chi connectivity index (χ2v) is 6.04. The molecule has 3 rings (SSSR count). The molecule has 2 aromatic heterocycles. The number of fused-ring (bicyclic) bond motifs is 1. The maximum absolute atomic E-state index is 12.5. The van der Waals surface area contributed by atoms with Crippen LogP contribution in [0.15, 0.2) is 16.9 Å². The highest BCUT2D eigenvalue weighted by molar-refractivity contribution is 5.94. The number of anilines is 1. The van der Waals surface area contributed by atoms with Gasteiger partial charge >= 0.3 is 24.2 Å². The van der Waals surface area contributed by atoms with Crippen LogP contribution in [-0.2, 0) is 9.59 Å². The maximum Gasteiger partial charge on any atom is 0.471 e. The summed E-state index contributed by atoms with van der Waals surface area (Å²) in [7, 11) is 0. The molecule has 3 heterocycles. The molecular formula is C15H11F6N5O3. The van der Waals surface area contributed by atoms with Crippen molar-refractivity contribution in [1.29, 1.82) is 0 Å². The minimum atomic E-state index is -5.18. The van der Waals surface area contributed by atoms with Gasteiger partial charge in [-0.15, -0.1) is 0 Å². The molecular weight excluding hydrogens is 412 g/mol. The molecule has 1 aliphatic heterocycles. The van der Waals surface area contributed by atoms with Gasteiger partial charge in [-0.05, 0) is 18.1 Å². The van der Waals surface area contributed by atoms with E-state index in [1.165, 1.54) is 17.5 Å². The number of nitrogens with zero attached hydrogens (tertiary/aromatic N) is 2. The summed E-state index contributed by atoms with van der Waals surface area (Å²) in [5, 5.41) is 1.39. The molecule has 29 heavy (non-hydrogen) atoms. The molecule has 0 aromatic carbocycles. The lowest BCUT2D eigenvalue weighted by Crippen LogP contribution is -2.43. The van der Waals surface area contributed by atoms with Crippen LogP contribution in [0.2, 0.25) is 0 Å². The lowest BCUT2D eigenvalue weighted by molar-refractivity contribution is -0.185. The van der Waals surface area contributed by atoms with Gasteiger partial charge < -0.3 is 9.88 Å². The number of rotatable bonds is 2. The number of aromatic amines is 2. The first-order valence-electron chi connectivity index (χ1n) is 7.93. The average Bonchev–Trinajstić information content (AvgIpc) is 3.04. The number of halogens is 6. The van der Waals surface area contributed by atoms with Crippen LogP contribution < -0.4 is 10.9 Å². The predicted molar refractivity (Wildman–Crippen MR) is 86.6 cm³/mol. The van der Waals surface area contributed by atoms with Gasteiger partial charge in [-0.1, -0.05) is 6.08 Å². The Balaban J connectivity index is 1.84. The van der Waals surface area contributed by atoms with Crippen LogP contribution in [0.25, 0.3) is 16.6 Å². The van der Waals surface area contributed by atoms with Gasteiger partial charge in [0.15, 0.2) is 0 Å². The van der Waals surface area contributed by atoms with E-state index >= 15 is 0 Å². The molecule has 2 amide bonds. The Hall–Kier alpha value is -3.32. The summed E-state index contributed by atoms with van der Waals surface area (Å²) >= 11 is 0. The van der Waals surface area contributed by atoms with Crippen LogP contribution in [-0.4, -0.2) is 57.1 Å². The van der Waals surface area contributed by atoms with E-state index in [0.29, 0.717) is 16.2 Å². The Bertz CT molecular complexity index is 1070. The van der Waals surface area contributed by atoms with E-state index in [1.54, 1.807) is 0 Å². The molecule has 8 nitrogen and oxygen atoms in total. The Morgan fingerprint density at radius 3 is 2.34 bits per heavy atom. The van der Waals surface area contributed by atoms with Crippen molar-refractivity contribution in [2.45, 2.75) is 18.8 Å². The fourth-order valence-electron chi connectivity index (χ4n) is 2.71. The number of nitrogens with one attached hydrogen (secondary N) is 3. The molecule has 0 saturated heterocycles. The Morgan fingerprint density at radius 1 is 1.10 bits per heavy atom. The molecule has 3 N–H and O–H groups in total. The maximum atomic E-state index is 12.5. The van der Waals surface area contributed by atoms with Crippen molar-refractivity contribution in [3.05, 3.63) is 28.2 Å². The number of hydrogen-bond acceptors (Lipinski definition) is 4. The van der Waals surface area contributed by atoms with Crippen molar-refractivity contribution in [2.75, 3.05) is 18.4 Å². The van der Waals surface area contributed by atoms with Gasteiger partial charge in [0, 0.05) is 18.8 Å². The number of hydrogen-bond donors (Lipinski definition) is 3. The smallest absolute Gasteiger partial charge is 0.339 e. The molecule has 1 aliphatic rings. The number of amides is 2. The summed E-state index contributed by atoms with van der Waals surface area (Å²) in [4.78, 5) is 43.2. The van der Waals surface area contributed by atoms with Crippen LogP contribution in [0.5, 0.6) is 0 Å². The van der Waals surface area contributed by atoms with E-state index in [9.17, 15) is 40.7 Å². The third kappa shape index (κ3) is 4.25. The van der Waals surface area contributed by atoms with Gasteiger partial charge in [0.25, 0.3) is 5.56 Å². The molecule has 0 unspecified atom stereocenters. The Kier molecular flexibility index (Phi) is 4.88. The zero-order valence-corrected chi connectivity index (χ0v) is 14.2. The number of alkyl halides is 6. The number of H-pyrrole nitrogens is 2. The fraction of sp³-hybridized carbons (Fsp3) is 0.333. The molecule has 0 saturated carbocycles. The monoisotopic (exact) mass is 423 g/mol. The molecule has 0 fully saturated rings. The van der Waals surface area contributed by atoms with Crippen LogP contribution in [0, 0.1) is 0 Å². The summed E-state index contributed by atoms with van der Waals surface area (Å²) in [6, 6.07) is 1.32. The van der Waals surface area contributed by atoms with E-state index < -0.39 is 35.7 Å². The largest absolute Gasteiger partial charge is 0.471 e. The van der Waals surface area contributed by atoms with Crippen molar-refractivity contribution < 1.29 is 35.9 Å². The van der Waals surface area contributed by atoms with E-state index in [1.807, 2.05) is 4.98 Å². The molecule has 0 aliphatic carbocycles. The van der Waals surface area contributed by atoms with Gasteiger partial charge in [0.1, 0.15) is 5.65 Å². The number of carbonyl (C=O) groups is 2. The first kappa shape index (κ1) is 20.4. The van der Waals surface area contributed by atoms with E-state index in [-0.39, 0.29) is 30.5 Å². The van der Waals surface area contributed by atoms with Crippen LogP contribution in [0.3, 0.4) is 0 Å². The second kappa shape index (κ2) is 6.93. The molecule has 156 valence electrons. The topological polar surface area (TPSA) is 111 Å². The van der Waals surface area contributed by atoms with Crippen molar-refractivity contribution >= 4 is 34.4 Å². The Labute approximate surface area is 156 Å². The summed E-state index contributed by atoms with van der Waals surface area (Å²) in [6.45, 7) is -0.518. The van der Waals surface area contributed by atoms with Gasteiger partial charge in [0.05, 0.1) is 5.39 Å². The Morgan fingerprint density at radius 2 is 1.79 bits per heavy atom. The highest BCUT2D eigenvalue weighted by Gasteiger charge is 2.42. The van der Waals surface area contributed by atoms with Crippen LogP contribution in [0.1, 0.15) is 12.1 Å². The van der Waals surface area contributed by atoms with Gasteiger partial charge in [-0.2, -0.15) is 31.3 Å². The van der Waals surface area contributed by atoms with Crippen LogP contribution >= 0.6 is 0 Å². The fourth-order valence-corrected chi connectivity index (χ4v) is 2.71. The van der Waals surface area contributed by atoms with Crippen molar-refractivity contribution in [3.8, 4) is 0 Å². The average molecular weight is 423 g/mol. The summed E-state index contributed by atoms with van der Waals surface area (Å²) in [6.07, 6.45) is -8.76. The minimum absolute atomic E-state index is 0.0281. The third-order valence-corrected chi connectivity index (χ3v) is 4.07. The minimum Gasteiger partial charge on any atom is -0.339 e. The van der Waals surface area contributed by atoms with E-state index in [4.69, 9.17) is 0 Å². The van der Waals surface area contributed by atoms with Crippen molar-refractivity contribution in [2.24, 2.45) is 0 Å². The van der Waals surface area contributed by atoms with Crippen molar-refractivity contribution in [3.63, 3.8) is 0 Å². The van der Waals surface area contributed by atoms with Crippen LogP contribution in [0.4, 0.5) is 32.3 Å².